The molecule has 8 heteroatoms. The predicted octanol–water partition coefficient (Wildman–Crippen LogP) is 3.20. The number of carbonyl (C=O) groups is 4. The number of hydrogen-bond acceptors (Lipinski definition) is 4. The van der Waals surface area contributed by atoms with E-state index < -0.39 is 5.91 Å². The average molecular weight is 456 g/mol. The van der Waals surface area contributed by atoms with Gasteiger partial charge in [-0.1, -0.05) is 15.9 Å². The fourth-order valence-corrected chi connectivity index (χ4v) is 3.91. The van der Waals surface area contributed by atoms with Crippen molar-refractivity contribution in [2.24, 2.45) is 0 Å². The van der Waals surface area contributed by atoms with Crippen LogP contribution in [0.25, 0.3) is 0 Å². The summed E-state index contributed by atoms with van der Waals surface area (Å²) in [6.07, 6.45) is 1.42. The van der Waals surface area contributed by atoms with Crippen molar-refractivity contribution >= 4 is 50.9 Å². The molecule has 0 atom stereocenters. The molecule has 1 N–H and O–H groups in total. The van der Waals surface area contributed by atoms with Crippen LogP contribution in [0.2, 0.25) is 0 Å². The largest absolute Gasteiger partial charge is 0.326 e. The van der Waals surface area contributed by atoms with E-state index in [0.29, 0.717) is 29.8 Å². The van der Waals surface area contributed by atoms with Crippen molar-refractivity contribution in [2.45, 2.75) is 19.3 Å². The van der Waals surface area contributed by atoms with Crippen molar-refractivity contribution in [1.82, 2.24) is 4.90 Å². The summed E-state index contributed by atoms with van der Waals surface area (Å²) in [6, 6.07) is 12.0. The number of amides is 4. The van der Waals surface area contributed by atoms with Gasteiger partial charge in [0.1, 0.15) is 0 Å². The first-order chi connectivity index (χ1) is 13.9. The molecule has 0 spiro atoms. The summed E-state index contributed by atoms with van der Waals surface area (Å²) in [5.41, 5.74) is 2.10. The van der Waals surface area contributed by atoms with Gasteiger partial charge >= 0.3 is 0 Å². The van der Waals surface area contributed by atoms with Gasteiger partial charge in [0.25, 0.3) is 11.8 Å². The minimum absolute atomic E-state index is 0.000991. The average Bonchev–Trinajstić information content (AvgIpc) is 3.23. The Balaban J connectivity index is 1.34. The normalized spacial score (nSPS) is 15.8. The molecule has 29 heavy (non-hydrogen) atoms. The summed E-state index contributed by atoms with van der Waals surface area (Å²) in [5.74, 6) is -0.967. The van der Waals surface area contributed by atoms with Gasteiger partial charge < -0.3 is 10.2 Å². The minimum Gasteiger partial charge on any atom is -0.326 e. The van der Waals surface area contributed by atoms with Crippen molar-refractivity contribution in [3.05, 3.63) is 58.1 Å². The van der Waals surface area contributed by atoms with Crippen molar-refractivity contribution in [1.29, 1.82) is 0 Å². The molecule has 0 radical (unpaired) electrons. The lowest BCUT2D eigenvalue weighted by Gasteiger charge is -2.16. The highest BCUT2D eigenvalue weighted by Gasteiger charge is 2.35. The van der Waals surface area contributed by atoms with Gasteiger partial charge in [0, 0.05) is 41.8 Å². The molecule has 148 valence electrons. The molecule has 0 unspecified atom stereocenters. The molecule has 2 aliphatic heterocycles. The van der Waals surface area contributed by atoms with E-state index in [4.69, 9.17) is 0 Å². The number of nitrogens with one attached hydrogen (secondary N) is 1. The van der Waals surface area contributed by atoms with Gasteiger partial charge in [0.05, 0.1) is 11.1 Å². The summed E-state index contributed by atoms with van der Waals surface area (Å²) in [5, 5.41) is 2.76. The second-order valence-electron chi connectivity index (χ2n) is 6.95. The van der Waals surface area contributed by atoms with Crippen molar-refractivity contribution in [2.75, 3.05) is 23.3 Å². The molecular formula is C21H18BrN3O4. The lowest BCUT2D eigenvalue weighted by molar-refractivity contribution is -0.117. The van der Waals surface area contributed by atoms with E-state index in [-0.39, 0.29) is 30.7 Å². The van der Waals surface area contributed by atoms with Gasteiger partial charge in [-0.3, -0.25) is 24.1 Å². The summed E-state index contributed by atoms with van der Waals surface area (Å²) in [7, 11) is 0. The second kappa shape index (κ2) is 7.79. The van der Waals surface area contributed by atoms with E-state index in [2.05, 4.69) is 21.2 Å². The molecule has 2 heterocycles. The molecule has 0 aromatic heterocycles. The van der Waals surface area contributed by atoms with Crippen molar-refractivity contribution < 1.29 is 19.2 Å². The predicted molar refractivity (Wildman–Crippen MR) is 111 cm³/mol. The highest BCUT2D eigenvalue weighted by Crippen LogP contribution is 2.26. The number of rotatable bonds is 5. The monoisotopic (exact) mass is 455 g/mol. The number of imide groups is 1. The first kappa shape index (κ1) is 19.3. The van der Waals surface area contributed by atoms with Crippen LogP contribution in [0.5, 0.6) is 0 Å². The van der Waals surface area contributed by atoms with Gasteiger partial charge in [-0.2, -0.15) is 0 Å². The van der Waals surface area contributed by atoms with E-state index >= 15 is 0 Å². The van der Waals surface area contributed by atoms with Gasteiger partial charge in [0.15, 0.2) is 0 Å². The second-order valence-corrected chi connectivity index (χ2v) is 7.86. The maximum absolute atomic E-state index is 12.4. The summed E-state index contributed by atoms with van der Waals surface area (Å²) in [4.78, 5) is 51.7. The van der Waals surface area contributed by atoms with E-state index in [1.807, 2.05) is 0 Å². The van der Waals surface area contributed by atoms with Gasteiger partial charge in [-0.15, -0.1) is 0 Å². The number of halogens is 1. The summed E-state index contributed by atoms with van der Waals surface area (Å²) in [6.45, 7) is 0.720. The minimum atomic E-state index is -0.390. The third-order valence-electron chi connectivity index (χ3n) is 5.03. The standard InChI is InChI=1S/C21H18BrN3O4/c22-13-3-8-16-17(12-13)21(29)25(20(16)28)11-9-18(26)23-14-4-6-15(7-5-14)24-10-1-2-19(24)27/h3-8,12H,1-2,9-11H2,(H,23,26). The fraction of sp³-hybridized carbons (Fsp3) is 0.238. The highest BCUT2D eigenvalue weighted by molar-refractivity contribution is 9.10. The molecule has 0 saturated carbocycles. The molecule has 1 fully saturated rings. The van der Waals surface area contributed by atoms with Crippen LogP contribution in [0.3, 0.4) is 0 Å². The molecule has 0 bridgehead atoms. The van der Waals surface area contributed by atoms with Gasteiger partial charge in [-0.05, 0) is 48.9 Å². The van der Waals surface area contributed by atoms with Gasteiger partial charge in [0.2, 0.25) is 11.8 Å². The van der Waals surface area contributed by atoms with E-state index in [9.17, 15) is 19.2 Å². The molecule has 2 aromatic rings. The Morgan fingerprint density at radius 3 is 2.41 bits per heavy atom. The molecule has 4 rings (SSSR count). The van der Waals surface area contributed by atoms with Crippen LogP contribution in [-0.2, 0) is 9.59 Å². The Morgan fingerprint density at radius 1 is 1.00 bits per heavy atom. The lowest BCUT2D eigenvalue weighted by atomic mass is 10.1. The number of nitrogens with zero attached hydrogens (tertiary/aromatic N) is 2. The highest BCUT2D eigenvalue weighted by atomic mass is 79.9. The Hall–Kier alpha value is -3.00. The molecule has 2 aromatic carbocycles. The summed E-state index contributed by atoms with van der Waals surface area (Å²) < 4.78 is 0.719. The lowest BCUT2D eigenvalue weighted by Crippen LogP contribution is -2.32. The van der Waals surface area contributed by atoms with Crippen LogP contribution >= 0.6 is 15.9 Å². The zero-order valence-electron chi connectivity index (χ0n) is 15.5. The maximum atomic E-state index is 12.4. The van der Waals surface area contributed by atoms with E-state index in [1.165, 1.54) is 0 Å². The van der Waals surface area contributed by atoms with Crippen LogP contribution in [0.15, 0.2) is 46.9 Å². The van der Waals surface area contributed by atoms with Crippen LogP contribution in [0.4, 0.5) is 11.4 Å². The van der Waals surface area contributed by atoms with Gasteiger partial charge in [-0.25, -0.2) is 0 Å². The van der Waals surface area contributed by atoms with E-state index in [0.717, 1.165) is 21.5 Å². The molecule has 7 nitrogen and oxygen atoms in total. The quantitative estimate of drug-likeness (QED) is 0.701. The van der Waals surface area contributed by atoms with Crippen LogP contribution < -0.4 is 10.2 Å². The zero-order valence-corrected chi connectivity index (χ0v) is 17.1. The SMILES string of the molecule is O=C(CCN1C(=O)c2ccc(Br)cc2C1=O)Nc1ccc(N2CCCC2=O)cc1. The Labute approximate surface area is 175 Å². The number of carbonyl (C=O) groups excluding carboxylic acids is 4. The van der Waals surface area contributed by atoms with Crippen LogP contribution in [-0.4, -0.2) is 41.6 Å². The first-order valence-corrected chi connectivity index (χ1v) is 10.1. The molecule has 0 aliphatic carbocycles. The number of anilines is 2. The Kier molecular flexibility index (Phi) is 5.19. The van der Waals surface area contributed by atoms with E-state index in [1.54, 1.807) is 47.4 Å². The topological polar surface area (TPSA) is 86.8 Å². The molecule has 2 aliphatic rings. The van der Waals surface area contributed by atoms with Crippen LogP contribution in [0.1, 0.15) is 40.0 Å². The number of fused-ring (bicyclic) bond motifs is 1. The van der Waals surface area contributed by atoms with Crippen LogP contribution in [0, 0.1) is 0 Å². The molecule has 4 amide bonds. The molecular weight excluding hydrogens is 438 g/mol. The van der Waals surface area contributed by atoms with Crippen molar-refractivity contribution in [3.63, 3.8) is 0 Å². The number of hydrogen-bond donors (Lipinski definition) is 1. The maximum Gasteiger partial charge on any atom is 0.261 e. The Morgan fingerprint density at radius 2 is 1.72 bits per heavy atom. The smallest absolute Gasteiger partial charge is 0.261 e. The third kappa shape index (κ3) is 3.80. The third-order valence-corrected chi connectivity index (χ3v) is 5.52. The van der Waals surface area contributed by atoms with Crippen molar-refractivity contribution in [3.8, 4) is 0 Å². The molecule has 1 saturated heterocycles. The first-order valence-electron chi connectivity index (χ1n) is 9.30. The Bertz CT molecular complexity index is 1020. The zero-order chi connectivity index (χ0) is 20.5. The summed E-state index contributed by atoms with van der Waals surface area (Å²) >= 11 is 3.29. The fourth-order valence-electron chi connectivity index (χ4n) is 3.55. The number of benzene rings is 2.